The second-order valence-electron chi connectivity index (χ2n) is 11.1. The molecule has 0 radical (unpaired) electrons. The molecule has 3 saturated heterocycles. The van der Waals surface area contributed by atoms with E-state index in [2.05, 4.69) is 14.0 Å². The summed E-state index contributed by atoms with van der Waals surface area (Å²) in [6.45, 7) is 6.75. The van der Waals surface area contributed by atoms with E-state index in [1.807, 2.05) is 0 Å². The van der Waals surface area contributed by atoms with Gasteiger partial charge >= 0.3 is 0 Å². The third kappa shape index (κ3) is 13.4. The summed E-state index contributed by atoms with van der Waals surface area (Å²) in [5.74, 6) is 0.360. The highest BCUT2D eigenvalue weighted by Crippen LogP contribution is 2.45. The summed E-state index contributed by atoms with van der Waals surface area (Å²) in [5, 5.41) is 0. The quantitative estimate of drug-likeness (QED) is 0.0944. The Kier molecular flexibility index (Phi) is 15.6. The number of phosphoric ester groups is 1. The van der Waals surface area contributed by atoms with Gasteiger partial charge in [0.05, 0.1) is 26.7 Å². The lowest BCUT2D eigenvalue weighted by molar-refractivity contribution is -0.928. The highest BCUT2D eigenvalue weighted by Gasteiger charge is 2.45. The fourth-order valence-corrected chi connectivity index (χ4v) is 6.49. The molecule has 0 amide bonds. The van der Waals surface area contributed by atoms with Gasteiger partial charge in [0, 0.05) is 32.0 Å². The molecule has 0 aromatic carbocycles. The van der Waals surface area contributed by atoms with Gasteiger partial charge in [-0.05, 0) is 12.8 Å². The second-order valence-corrected chi connectivity index (χ2v) is 12.4. The minimum atomic E-state index is -4.23. The number of piperidine rings is 3. The molecule has 3 heterocycles. The van der Waals surface area contributed by atoms with E-state index in [0.717, 1.165) is 50.0 Å². The van der Waals surface area contributed by atoms with E-state index in [9.17, 15) is 9.46 Å². The number of unbranched alkanes of at least 4 members (excludes halogenated alkanes) is 13. The summed E-state index contributed by atoms with van der Waals surface area (Å²) < 4.78 is 29.3. The smallest absolute Gasteiger partial charge is 0.268 e. The average molecular weight is 504 g/mol. The molecule has 202 valence electrons. The molecule has 3 rings (SSSR count). The van der Waals surface area contributed by atoms with Crippen LogP contribution in [0.2, 0.25) is 0 Å². The van der Waals surface area contributed by atoms with Gasteiger partial charge in [-0.3, -0.25) is 4.57 Å². The summed E-state index contributed by atoms with van der Waals surface area (Å²) in [4.78, 5) is 12.2. The molecule has 7 heteroatoms. The Bertz CT molecular complexity index is 553. The van der Waals surface area contributed by atoms with Gasteiger partial charge in [-0.25, -0.2) is 0 Å². The van der Waals surface area contributed by atoms with Crippen molar-refractivity contribution >= 4 is 7.82 Å². The molecule has 0 saturated carbocycles. The van der Waals surface area contributed by atoms with E-state index < -0.39 is 7.82 Å². The van der Waals surface area contributed by atoms with Gasteiger partial charge in [-0.2, -0.15) is 0 Å². The van der Waals surface area contributed by atoms with Gasteiger partial charge < -0.3 is 23.2 Å². The highest BCUT2D eigenvalue weighted by atomic mass is 31.2. The van der Waals surface area contributed by atoms with E-state index in [0.29, 0.717) is 18.9 Å². The SMILES string of the molecule is CCCCCCCCCCCCCCCCOCCCOP(=O)([O-])OC1C[N+]2(C)CCC1CC2. The first-order valence-corrected chi connectivity index (χ1v) is 16.0. The summed E-state index contributed by atoms with van der Waals surface area (Å²) in [7, 11) is -2.04. The predicted molar refractivity (Wildman–Crippen MR) is 138 cm³/mol. The second kappa shape index (κ2) is 17.5. The normalized spacial score (nSPS) is 26.1. The number of quaternary nitrogens is 1. The van der Waals surface area contributed by atoms with E-state index >= 15 is 0 Å². The van der Waals surface area contributed by atoms with Gasteiger partial charge in [0.25, 0.3) is 7.82 Å². The van der Waals surface area contributed by atoms with Crippen LogP contribution in [0.1, 0.15) is 116 Å². The van der Waals surface area contributed by atoms with Crippen LogP contribution in [0.3, 0.4) is 0 Å². The molecule has 0 aromatic heterocycles. The van der Waals surface area contributed by atoms with Crippen molar-refractivity contribution in [3.63, 3.8) is 0 Å². The Morgan fingerprint density at radius 2 is 1.26 bits per heavy atom. The Balaban J connectivity index is 1.31. The largest absolute Gasteiger partial charge is 0.756 e. The first-order valence-electron chi connectivity index (χ1n) is 14.5. The van der Waals surface area contributed by atoms with Crippen LogP contribution in [0.15, 0.2) is 0 Å². The highest BCUT2D eigenvalue weighted by molar-refractivity contribution is 7.45. The third-order valence-electron chi connectivity index (χ3n) is 7.82. The lowest BCUT2D eigenvalue weighted by Crippen LogP contribution is -2.61. The zero-order chi connectivity index (χ0) is 24.5. The van der Waals surface area contributed by atoms with Gasteiger partial charge in [-0.15, -0.1) is 0 Å². The molecule has 34 heavy (non-hydrogen) atoms. The topological polar surface area (TPSA) is 67.8 Å². The molecule has 0 aromatic rings. The number of phosphoric acid groups is 1. The fourth-order valence-electron chi connectivity index (χ4n) is 5.50. The molecule has 2 bridgehead atoms. The molecule has 3 fully saturated rings. The minimum Gasteiger partial charge on any atom is -0.756 e. The number of hydrogen-bond acceptors (Lipinski definition) is 5. The van der Waals surface area contributed by atoms with Crippen molar-refractivity contribution < 1.29 is 27.7 Å². The van der Waals surface area contributed by atoms with Gasteiger partial charge in [0.2, 0.25) is 0 Å². The van der Waals surface area contributed by atoms with Gasteiger partial charge in [-0.1, -0.05) is 90.4 Å². The molecule has 3 aliphatic rings. The van der Waals surface area contributed by atoms with Crippen molar-refractivity contribution in [3.8, 4) is 0 Å². The zero-order valence-corrected chi connectivity index (χ0v) is 23.2. The molecule has 2 atom stereocenters. The summed E-state index contributed by atoms with van der Waals surface area (Å²) in [6, 6.07) is 0. The molecule has 2 unspecified atom stereocenters. The lowest BCUT2D eigenvalue weighted by atomic mass is 9.84. The fraction of sp³-hybridized carbons (Fsp3) is 1.00. The van der Waals surface area contributed by atoms with Crippen LogP contribution >= 0.6 is 7.82 Å². The number of ether oxygens (including phenoxy) is 1. The van der Waals surface area contributed by atoms with Gasteiger partial charge in [0.1, 0.15) is 12.6 Å². The first kappa shape index (κ1) is 30.3. The van der Waals surface area contributed by atoms with Crippen LogP contribution in [-0.4, -0.2) is 57.1 Å². The van der Waals surface area contributed by atoms with Crippen molar-refractivity contribution in [2.75, 3.05) is 46.5 Å². The molecule has 0 spiro atoms. The Hall–Kier alpha value is 0.0300. The Labute approximate surface area is 210 Å². The summed E-state index contributed by atoms with van der Waals surface area (Å²) in [5.41, 5.74) is 0. The van der Waals surface area contributed by atoms with Crippen molar-refractivity contribution in [3.05, 3.63) is 0 Å². The molecule has 0 N–H and O–H groups in total. The van der Waals surface area contributed by atoms with Crippen LogP contribution in [-0.2, 0) is 18.3 Å². The third-order valence-corrected chi connectivity index (χ3v) is 8.84. The number of hydrogen-bond donors (Lipinski definition) is 0. The lowest BCUT2D eigenvalue weighted by Gasteiger charge is -2.50. The number of nitrogens with zero attached hydrogens (tertiary/aromatic N) is 1. The van der Waals surface area contributed by atoms with Crippen LogP contribution in [0, 0.1) is 5.92 Å². The van der Waals surface area contributed by atoms with Crippen LogP contribution in [0.25, 0.3) is 0 Å². The monoisotopic (exact) mass is 503 g/mol. The van der Waals surface area contributed by atoms with Crippen molar-refractivity contribution in [1.82, 2.24) is 0 Å². The maximum Gasteiger partial charge on any atom is 0.268 e. The van der Waals surface area contributed by atoms with Crippen molar-refractivity contribution in [2.24, 2.45) is 5.92 Å². The van der Waals surface area contributed by atoms with Gasteiger partial charge in [0.15, 0.2) is 0 Å². The van der Waals surface area contributed by atoms with Crippen molar-refractivity contribution in [1.29, 1.82) is 0 Å². The maximum atomic E-state index is 12.2. The molecule has 6 nitrogen and oxygen atoms in total. The minimum absolute atomic E-state index is 0.142. The Morgan fingerprint density at radius 3 is 1.79 bits per heavy atom. The standard InChI is InChI=1S/C27H54NO5P/c1-3-4-5-6-7-8-9-10-11-12-13-14-15-16-22-31-23-17-24-32-34(29,30)33-27-25-28(2)20-18-26(27)19-21-28/h26-27H,3-25H2,1-2H3. The van der Waals surface area contributed by atoms with E-state index in [1.54, 1.807) is 0 Å². The average Bonchev–Trinajstić information content (AvgIpc) is 2.80. The van der Waals surface area contributed by atoms with E-state index in [1.165, 1.54) is 83.5 Å². The number of likely N-dealkylation sites (N-methyl/N-ethyl adjacent to an activating group) is 1. The van der Waals surface area contributed by atoms with Crippen LogP contribution in [0.5, 0.6) is 0 Å². The molecular formula is C27H54NO5P. The number of fused-ring (bicyclic) bond motifs is 3. The molecule has 0 aliphatic carbocycles. The molecular weight excluding hydrogens is 449 g/mol. The molecule has 3 aliphatic heterocycles. The van der Waals surface area contributed by atoms with Crippen molar-refractivity contribution in [2.45, 2.75) is 122 Å². The van der Waals surface area contributed by atoms with E-state index in [4.69, 9.17) is 13.8 Å². The van der Waals surface area contributed by atoms with Crippen LogP contribution in [0.4, 0.5) is 0 Å². The number of rotatable bonds is 22. The summed E-state index contributed by atoms with van der Waals surface area (Å²) in [6.07, 6.45) is 21.4. The Morgan fingerprint density at radius 1 is 0.765 bits per heavy atom. The maximum absolute atomic E-state index is 12.2. The zero-order valence-electron chi connectivity index (χ0n) is 22.4. The van der Waals surface area contributed by atoms with E-state index in [-0.39, 0.29) is 12.7 Å². The summed E-state index contributed by atoms with van der Waals surface area (Å²) >= 11 is 0. The predicted octanol–water partition coefficient (Wildman–Crippen LogP) is 6.61. The first-order chi connectivity index (χ1) is 16.4. The van der Waals surface area contributed by atoms with Crippen LogP contribution < -0.4 is 4.89 Å².